The van der Waals surface area contributed by atoms with Crippen molar-refractivity contribution in [1.82, 2.24) is 9.47 Å². The van der Waals surface area contributed by atoms with E-state index in [4.69, 9.17) is 9.47 Å². The van der Waals surface area contributed by atoms with Gasteiger partial charge in [-0.2, -0.15) is 0 Å². The average Bonchev–Trinajstić information content (AvgIpc) is 3.01. The number of amides is 1. The summed E-state index contributed by atoms with van der Waals surface area (Å²) in [4.78, 5) is 26.6. The second-order valence-electron chi connectivity index (χ2n) is 6.11. The first-order valence-corrected chi connectivity index (χ1v) is 8.31. The molecule has 1 saturated heterocycles. The number of ether oxygens (including phenoxy) is 2. The molecular formula is C17H24N2O4. The molecule has 1 aromatic rings. The summed E-state index contributed by atoms with van der Waals surface area (Å²) in [5, 5.41) is 0. The largest absolute Gasteiger partial charge is 0.383 e. The van der Waals surface area contributed by atoms with E-state index < -0.39 is 0 Å². The summed E-state index contributed by atoms with van der Waals surface area (Å²) in [6.07, 6.45) is 2.99. The molecule has 1 fully saturated rings. The molecule has 3 rings (SSSR count). The summed E-state index contributed by atoms with van der Waals surface area (Å²) in [5.74, 6) is 0.0982. The Morgan fingerprint density at radius 3 is 2.91 bits per heavy atom. The lowest BCUT2D eigenvalue weighted by Crippen LogP contribution is -2.40. The molecule has 0 aromatic carbocycles. The molecule has 0 unspecified atom stereocenters. The van der Waals surface area contributed by atoms with Gasteiger partial charge in [-0.1, -0.05) is 6.07 Å². The van der Waals surface area contributed by atoms with Crippen molar-refractivity contribution in [2.75, 3.05) is 33.4 Å². The highest BCUT2D eigenvalue weighted by Crippen LogP contribution is 2.19. The molecule has 1 amide bonds. The zero-order valence-electron chi connectivity index (χ0n) is 13.6. The molecule has 126 valence electrons. The van der Waals surface area contributed by atoms with Crippen LogP contribution in [-0.2, 0) is 33.7 Å². The Hall–Kier alpha value is -1.66. The smallest absolute Gasteiger partial charge is 0.251 e. The summed E-state index contributed by atoms with van der Waals surface area (Å²) in [5.41, 5.74) is 2.19. The fraction of sp³-hybridized carbons (Fsp3) is 0.647. The van der Waals surface area contributed by atoms with Gasteiger partial charge in [-0.25, -0.2) is 0 Å². The number of aromatic nitrogens is 1. The fourth-order valence-corrected chi connectivity index (χ4v) is 3.42. The van der Waals surface area contributed by atoms with E-state index in [1.807, 2.05) is 11.0 Å². The maximum atomic E-state index is 12.5. The minimum Gasteiger partial charge on any atom is -0.383 e. The van der Waals surface area contributed by atoms with Gasteiger partial charge in [0, 0.05) is 51.5 Å². The van der Waals surface area contributed by atoms with Gasteiger partial charge in [0.05, 0.1) is 6.61 Å². The maximum Gasteiger partial charge on any atom is 0.251 e. The third kappa shape index (κ3) is 3.48. The van der Waals surface area contributed by atoms with Gasteiger partial charge in [-0.15, -0.1) is 0 Å². The predicted molar refractivity (Wildman–Crippen MR) is 85.5 cm³/mol. The van der Waals surface area contributed by atoms with Crippen molar-refractivity contribution >= 4 is 5.91 Å². The van der Waals surface area contributed by atoms with Crippen molar-refractivity contribution in [3.8, 4) is 0 Å². The number of hydrogen-bond donors (Lipinski definition) is 0. The summed E-state index contributed by atoms with van der Waals surface area (Å²) >= 11 is 0. The monoisotopic (exact) mass is 320 g/mol. The number of pyridine rings is 1. The Morgan fingerprint density at radius 1 is 1.35 bits per heavy atom. The lowest BCUT2D eigenvalue weighted by atomic mass is 10.1. The number of hydrogen-bond acceptors (Lipinski definition) is 4. The van der Waals surface area contributed by atoms with Crippen molar-refractivity contribution in [2.45, 2.75) is 38.3 Å². The van der Waals surface area contributed by atoms with E-state index in [0.717, 1.165) is 30.5 Å². The Bertz CT molecular complexity index is 620. The van der Waals surface area contributed by atoms with Gasteiger partial charge in [-0.3, -0.25) is 9.59 Å². The Kier molecular flexibility index (Phi) is 5.13. The first-order valence-electron chi connectivity index (χ1n) is 8.31. The van der Waals surface area contributed by atoms with Crippen LogP contribution >= 0.6 is 0 Å². The molecule has 0 radical (unpaired) electrons. The Labute approximate surface area is 136 Å². The zero-order valence-corrected chi connectivity index (χ0v) is 13.6. The van der Waals surface area contributed by atoms with Crippen LogP contribution in [0.15, 0.2) is 16.9 Å². The summed E-state index contributed by atoms with van der Waals surface area (Å²) in [7, 11) is 1.63. The van der Waals surface area contributed by atoms with Gasteiger partial charge in [0.1, 0.15) is 6.10 Å². The average molecular weight is 320 g/mol. The molecule has 1 aromatic heterocycles. The molecular weight excluding hydrogens is 296 g/mol. The van der Waals surface area contributed by atoms with Crippen LogP contribution in [0, 0.1) is 0 Å². The van der Waals surface area contributed by atoms with Crippen molar-refractivity contribution in [3.63, 3.8) is 0 Å². The zero-order chi connectivity index (χ0) is 16.2. The van der Waals surface area contributed by atoms with Crippen LogP contribution in [-0.4, -0.2) is 54.9 Å². The molecule has 3 heterocycles. The van der Waals surface area contributed by atoms with E-state index in [0.29, 0.717) is 39.3 Å². The number of carbonyl (C=O) groups is 1. The third-order valence-corrected chi connectivity index (χ3v) is 4.70. The lowest BCUT2D eigenvalue weighted by molar-refractivity contribution is -0.140. The van der Waals surface area contributed by atoms with E-state index >= 15 is 0 Å². The minimum atomic E-state index is -0.271. The van der Waals surface area contributed by atoms with Gasteiger partial charge in [-0.05, 0) is 24.8 Å². The second kappa shape index (κ2) is 7.27. The van der Waals surface area contributed by atoms with Crippen molar-refractivity contribution < 1.29 is 14.3 Å². The molecule has 0 N–H and O–H groups in total. The summed E-state index contributed by atoms with van der Waals surface area (Å²) in [6.45, 7) is 3.07. The first-order chi connectivity index (χ1) is 11.2. The SMILES string of the molecule is COCCn1c2c(ccc1=O)CCN(C(=O)[C@@H]1CCCO1)CC2. The van der Waals surface area contributed by atoms with Crippen LogP contribution in [0.25, 0.3) is 0 Å². The Balaban J connectivity index is 1.76. The maximum absolute atomic E-state index is 12.5. The van der Waals surface area contributed by atoms with Crippen molar-refractivity contribution in [3.05, 3.63) is 33.7 Å². The highest BCUT2D eigenvalue weighted by molar-refractivity contribution is 5.81. The van der Waals surface area contributed by atoms with Crippen LogP contribution < -0.4 is 5.56 Å². The van der Waals surface area contributed by atoms with Crippen LogP contribution in [0.5, 0.6) is 0 Å². The van der Waals surface area contributed by atoms with Crippen LogP contribution in [0.3, 0.4) is 0 Å². The molecule has 6 nitrogen and oxygen atoms in total. The van der Waals surface area contributed by atoms with Gasteiger partial charge < -0.3 is 18.9 Å². The van der Waals surface area contributed by atoms with Crippen LogP contribution in [0.2, 0.25) is 0 Å². The molecule has 0 spiro atoms. The van der Waals surface area contributed by atoms with E-state index in [2.05, 4.69) is 0 Å². The van der Waals surface area contributed by atoms with E-state index in [1.165, 1.54) is 0 Å². The quantitative estimate of drug-likeness (QED) is 0.815. The predicted octanol–water partition coefficient (Wildman–Crippen LogP) is 0.601. The minimum absolute atomic E-state index is 0.000275. The molecule has 0 bridgehead atoms. The summed E-state index contributed by atoms with van der Waals surface area (Å²) in [6, 6.07) is 3.52. The van der Waals surface area contributed by atoms with Gasteiger partial charge in [0.2, 0.25) is 0 Å². The van der Waals surface area contributed by atoms with Crippen LogP contribution in [0.4, 0.5) is 0 Å². The number of nitrogens with zero attached hydrogens (tertiary/aromatic N) is 2. The highest BCUT2D eigenvalue weighted by atomic mass is 16.5. The fourth-order valence-electron chi connectivity index (χ4n) is 3.42. The topological polar surface area (TPSA) is 60.8 Å². The van der Waals surface area contributed by atoms with Crippen LogP contribution in [0.1, 0.15) is 24.1 Å². The molecule has 2 aliphatic heterocycles. The number of carbonyl (C=O) groups excluding carboxylic acids is 1. The Morgan fingerprint density at radius 2 is 2.17 bits per heavy atom. The van der Waals surface area contributed by atoms with Gasteiger partial charge in [0.25, 0.3) is 11.5 Å². The molecule has 6 heteroatoms. The van der Waals surface area contributed by atoms with E-state index in [-0.39, 0.29) is 17.6 Å². The highest BCUT2D eigenvalue weighted by Gasteiger charge is 2.29. The number of methoxy groups -OCH3 is 1. The number of fused-ring (bicyclic) bond motifs is 1. The lowest BCUT2D eigenvalue weighted by Gasteiger charge is -2.23. The second-order valence-corrected chi connectivity index (χ2v) is 6.11. The van der Waals surface area contributed by atoms with Gasteiger partial charge in [0.15, 0.2) is 0 Å². The standard InChI is InChI=1S/C17H24N2O4/c1-22-12-10-19-14-7-9-18(17(21)15-3-2-11-23-15)8-6-13(14)4-5-16(19)20/h4-5,15H,2-3,6-12H2,1H3/t15-/m0/s1. The number of rotatable bonds is 4. The molecule has 23 heavy (non-hydrogen) atoms. The summed E-state index contributed by atoms with van der Waals surface area (Å²) < 4.78 is 12.4. The van der Waals surface area contributed by atoms with E-state index in [1.54, 1.807) is 17.7 Å². The molecule has 0 aliphatic carbocycles. The molecule has 2 aliphatic rings. The van der Waals surface area contributed by atoms with Crippen molar-refractivity contribution in [1.29, 1.82) is 0 Å². The third-order valence-electron chi connectivity index (χ3n) is 4.70. The molecule has 1 atom stereocenters. The normalized spacial score (nSPS) is 21.1. The van der Waals surface area contributed by atoms with Gasteiger partial charge >= 0.3 is 0 Å². The van der Waals surface area contributed by atoms with E-state index in [9.17, 15) is 9.59 Å². The molecule has 0 saturated carbocycles. The first kappa shape index (κ1) is 16.2. The van der Waals surface area contributed by atoms with Crippen molar-refractivity contribution in [2.24, 2.45) is 0 Å².